The van der Waals surface area contributed by atoms with Crippen LogP contribution in [0.25, 0.3) is 0 Å². The summed E-state index contributed by atoms with van der Waals surface area (Å²) in [6.45, 7) is 0. The summed E-state index contributed by atoms with van der Waals surface area (Å²) in [5.74, 6) is 0. The molecule has 19 heavy (non-hydrogen) atoms. The molecule has 1 aliphatic heterocycles. The van der Waals surface area contributed by atoms with Crippen molar-refractivity contribution in [3.63, 3.8) is 0 Å². The summed E-state index contributed by atoms with van der Waals surface area (Å²) in [4.78, 5) is 6.99. The van der Waals surface area contributed by atoms with Crippen LogP contribution in [0.3, 0.4) is 0 Å². The minimum atomic E-state index is 0.0569. The van der Waals surface area contributed by atoms with Gasteiger partial charge in [-0.2, -0.15) is 0 Å². The molecule has 3 rings (SSSR count). The molecule has 0 fully saturated rings. The largest absolute Gasteiger partial charge is 0.355 e. The maximum absolute atomic E-state index is 4.86. The second kappa shape index (κ2) is 5.11. The van der Waals surface area contributed by atoms with Crippen molar-refractivity contribution in [3.8, 4) is 0 Å². The second-order valence-corrected chi connectivity index (χ2v) is 4.65. The highest BCUT2D eigenvalue weighted by atomic mass is 15.2. The summed E-state index contributed by atoms with van der Waals surface area (Å²) in [7, 11) is 2.06. The van der Waals surface area contributed by atoms with Crippen molar-refractivity contribution in [2.45, 2.75) is 6.17 Å². The van der Waals surface area contributed by atoms with Crippen molar-refractivity contribution >= 4 is 5.71 Å². The zero-order valence-electron chi connectivity index (χ0n) is 10.9. The maximum atomic E-state index is 4.86. The van der Waals surface area contributed by atoms with Gasteiger partial charge in [-0.25, -0.2) is 0 Å². The lowest BCUT2D eigenvalue weighted by Crippen LogP contribution is -2.22. The number of nitrogens with zero attached hydrogens (tertiary/aromatic N) is 2. The van der Waals surface area contributed by atoms with Crippen LogP contribution in [0.15, 0.2) is 77.9 Å². The number of hydrogen-bond donors (Lipinski definition) is 0. The first-order chi connectivity index (χ1) is 9.34. The van der Waals surface area contributed by atoms with E-state index in [4.69, 9.17) is 4.99 Å². The Morgan fingerprint density at radius 1 is 0.895 bits per heavy atom. The van der Waals surface area contributed by atoms with Crippen LogP contribution < -0.4 is 0 Å². The lowest BCUT2D eigenvalue weighted by atomic mass is 10.1. The number of benzene rings is 2. The van der Waals surface area contributed by atoms with Gasteiger partial charge in [0.05, 0.1) is 5.71 Å². The SMILES string of the molecule is CN1C=CC(c2ccccc2)=N[C@@H]1c1ccccc1. The summed E-state index contributed by atoms with van der Waals surface area (Å²) >= 11 is 0. The van der Waals surface area contributed by atoms with Crippen LogP contribution in [-0.4, -0.2) is 17.7 Å². The van der Waals surface area contributed by atoms with Gasteiger partial charge in [0.1, 0.15) is 6.17 Å². The Kier molecular flexibility index (Phi) is 3.15. The Labute approximate surface area is 113 Å². The van der Waals surface area contributed by atoms with Gasteiger partial charge in [-0.15, -0.1) is 0 Å². The lowest BCUT2D eigenvalue weighted by Gasteiger charge is -2.27. The minimum absolute atomic E-state index is 0.0569. The minimum Gasteiger partial charge on any atom is -0.355 e. The van der Waals surface area contributed by atoms with Gasteiger partial charge in [-0.1, -0.05) is 60.7 Å². The molecule has 0 N–H and O–H groups in total. The normalized spacial score (nSPS) is 18.3. The molecule has 0 amide bonds. The fourth-order valence-electron chi connectivity index (χ4n) is 2.25. The average molecular weight is 248 g/mol. The zero-order valence-corrected chi connectivity index (χ0v) is 10.9. The van der Waals surface area contributed by atoms with Crippen LogP contribution in [0.2, 0.25) is 0 Å². The predicted molar refractivity (Wildman–Crippen MR) is 79.1 cm³/mol. The van der Waals surface area contributed by atoms with E-state index in [2.05, 4.69) is 60.6 Å². The third-order valence-electron chi connectivity index (χ3n) is 3.28. The zero-order chi connectivity index (χ0) is 13.1. The molecule has 2 aromatic carbocycles. The van der Waals surface area contributed by atoms with Crippen LogP contribution in [0.1, 0.15) is 17.3 Å². The summed E-state index contributed by atoms with van der Waals surface area (Å²) in [6.07, 6.45) is 4.21. The standard InChI is InChI=1S/C17H16N2/c1-19-13-12-16(14-8-4-2-5-9-14)18-17(19)15-10-6-3-7-11-15/h2-13,17H,1H3/t17-/m0/s1. The molecule has 1 aliphatic rings. The summed E-state index contributed by atoms with van der Waals surface area (Å²) in [6, 6.07) is 20.7. The predicted octanol–water partition coefficient (Wildman–Crippen LogP) is 3.63. The van der Waals surface area contributed by atoms with E-state index in [-0.39, 0.29) is 6.17 Å². The molecule has 0 spiro atoms. The van der Waals surface area contributed by atoms with Crippen LogP contribution in [0.5, 0.6) is 0 Å². The fourth-order valence-corrected chi connectivity index (χ4v) is 2.25. The number of allylic oxidation sites excluding steroid dienone is 1. The fraction of sp³-hybridized carbons (Fsp3) is 0.118. The second-order valence-electron chi connectivity index (χ2n) is 4.65. The first-order valence-electron chi connectivity index (χ1n) is 6.43. The molecule has 1 atom stereocenters. The highest BCUT2D eigenvalue weighted by Crippen LogP contribution is 2.25. The van der Waals surface area contributed by atoms with E-state index in [1.54, 1.807) is 0 Å². The van der Waals surface area contributed by atoms with E-state index in [0.717, 1.165) is 11.3 Å². The quantitative estimate of drug-likeness (QED) is 0.792. The summed E-state index contributed by atoms with van der Waals surface area (Å²) in [5, 5.41) is 0. The molecular formula is C17H16N2. The van der Waals surface area contributed by atoms with Crippen LogP contribution in [0, 0.1) is 0 Å². The van der Waals surface area contributed by atoms with Crippen LogP contribution in [0.4, 0.5) is 0 Å². The molecule has 94 valence electrons. The Morgan fingerprint density at radius 3 is 2.21 bits per heavy atom. The van der Waals surface area contributed by atoms with Crippen molar-refractivity contribution in [1.82, 2.24) is 4.90 Å². The van der Waals surface area contributed by atoms with Gasteiger partial charge in [0, 0.05) is 13.2 Å². The Hall–Kier alpha value is -2.35. The van der Waals surface area contributed by atoms with Gasteiger partial charge in [0.15, 0.2) is 0 Å². The van der Waals surface area contributed by atoms with E-state index >= 15 is 0 Å². The highest BCUT2D eigenvalue weighted by molar-refractivity contribution is 6.09. The number of rotatable bonds is 2. The van der Waals surface area contributed by atoms with Crippen molar-refractivity contribution < 1.29 is 0 Å². The van der Waals surface area contributed by atoms with E-state index in [9.17, 15) is 0 Å². The molecule has 0 saturated heterocycles. The molecule has 0 aromatic heterocycles. The van der Waals surface area contributed by atoms with Crippen LogP contribution >= 0.6 is 0 Å². The molecule has 0 radical (unpaired) electrons. The van der Waals surface area contributed by atoms with Gasteiger partial charge in [-0.05, 0) is 17.2 Å². The van der Waals surface area contributed by atoms with Crippen molar-refractivity contribution in [1.29, 1.82) is 0 Å². The van der Waals surface area contributed by atoms with E-state index in [1.165, 1.54) is 5.56 Å². The monoisotopic (exact) mass is 248 g/mol. The van der Waals surface area contributed by atoms with Gasteiger partial charge in [0.25, 0.3) is 0 Å². The average Bonchev–Trinajstić information content (AvgIpc) is 2.49. The van der Waals surface area contributed by atoms with Gasteiger partial charge >= 0.3 is 0 Å². The smallest absolute Gasteiger partial charge is 0.147 e. The maximum Gasteiger partial charge on any atom is 0.147 e. The number of hydrogen-bond acceptors (Lipinski definition) is 2. The van der Waals surface area contributed by atoms with Crippen LogP contribution in [-0.2, 0) is 0 Å². The Balaban J connectivity index is 1.98. The van der Waals surface area contributed by atoms with Gasteiger partial charge < -0.3 is 4.90 Å². The van der Waals surface area contributed by atoms with Gasteiger partial charge in [-0.3, -0.25) is 4.99 Å². The molecule has 0 unspecified atom stereocenters. The Bertz CT molecular complexity index is 600. The van der Waals surface area contributed by atoms with Gasteiger partial charge in [0.2, 0.25) is 0 Å². The molecule has 0 saturated carbocycles. The topological polar surface area (TPSA) is 15.6 Å². The molecule has 2 aromatic rings. The number of aliphatic imine (C=N–C) groups is 1. The summed E-state index contributed by atoms with van der Waals surface area (Å²) in [5.41, 5.74) is 3.41. The molecule has 0 bridgehead atoms. The van der Waals surface area contributed by atoms with Crippen molar-refractivity contribution in [3.05, 3.63) is 84.1 Å². The molecule has 2 nitrogen and oxygen atoms in total. The summed E-state index contributed by atoms with van der Waals surface area (Å²) < 4.78 is 0. The Morgan fingerprint density at radius 2 is 1.53 bits per heavy atom. The first-order valence-corrected chi connectivity index (χ1v) is 6.43. The molecule has 1 heterocycles. The molecule has 2 heteroatoms. The lowest BCUT2D eigenvalue weighted by molar-refractivity contribution is 0.344. The highest BCUT2D eigenvalue weighted by Gasteiger charge is 2.17. The van der Waals surface area contributed by atoms with Crippen molar-refractivity contribution in [2.75, 3.05) is 7.05 Å². The third-order valence-corrected chi connectivity index (χ3v) is 3.28. The molecule has 0 aliphatic carbocycles. The van der Waals surface area contributed by atoms with Crippen molar-refractivity contribution in [2.24, 2.45) is 4.99 Å². The molecular weight excluding hydrogens is 232 g/mol. The third kappa shape index (κ3) is 2.43. The van der Waals surface area contributed by atoms with E-state index < -0.39 is 0 Å². The first kappa shape index (κ1) is 11.7. The van der Waals surface area contributed by atoms with E-state index in [0.29, 0.717) is 0 Å². The van der Waals surface area contributed by atoms with E-state index in [1.807, 2.05) is 24.3 Å².